The zero-order chi connectivity index (χ0) is 24.7. The first-order chi connectivity index (χ1) is 16.2. The van der Waals surface area contributed by atoms with E-state index in [0.29, 0.717) is 18.7 Å². The average molecular weight is 465 g/mol. The lowest BCUT2D eigenvalue weighted by molar-refractivity contribution is -0.143. The highest BCUT2D eigenvalue weighted by Crippen LogP contribution is 2.31. The van der Waals surface area contributed by atoms with E-state index in [1.165, 1.54) is 0 Å². The Morgan fingerprint density at radius 1 is 1.06 bits per heavy atom. The Labute approximate surface area is 204 Å². The molecular formula is C29H40N2O3. The van der Waals surface area contributed by atoms with Gasteiger partial charge in [-0.05, 0) is 54.4 Å². The lowest BCUT2D eigenvalue weighted by atomic mass is 9.86. The maximum absolute atomic E-state index is 13.6. The van der Waals surface area contributed by atoms with Crippen LogP contribution in [0.2, 0.25) is 0 Å². The third kappa shape index (κ3) is 6.62. The molecule has 0 bridgehead atoms. The molecular weight excluding hydrogens is 424 g/mol. The lowest BCUT2D eigenvalue weighted by Crippen LogP contribution is -2.52. The van der Waals surface area contributed by atoms with E-state index >= 15 is 0 Å². The summed E-state index contributed by atoms with van der Waals surface area (Å²) in [5, 5.41) is 3.19. The van der Waals surface area contributed by atoms with Crippen molar-refractivity contribution in [3.05, 3.63) is 65.2 Å². The Hall–Kier alpha value is -2.82. The minimum absolute atomic E-state index is 0.0635. The number of nitrogens with one attached hydrogen (secondary N) is 1. The second-order valence-corrected chi connectivity index (χ2v) is 10.4. The molecule has 1 atom stereocenters. The van der Waals surface area contributed by atoms with Crippen molar-refractivity contribution in [3.8, 4) is 5.75 Å². The first-order valence-corrected chi connectivity index (χ1v) is 12.6. The van der Waals surface area contributed by atoms with Crippen molar-refractivity contribution in [3.63, 3.8) is 0 Å². The van der Waals surface area contributed by atoms with Crippen molar-refractivity contribution in [2.45, 2.75) is 90.8 Å². The van der Waals surface area contributed by atoms with Crippen LogP contribution in [-0.2, 0) is 21.5 Å². The molecule has 0 heterocycles. The Bertz CT molecular complexity index is 973. The van der Waals surface area contributed by atoms with Crippen LogP contribution in [0.3, 0.4) is 0 Å². The normalized spacial score (nSPS) is 15.1. The van der Waals surface area contributed by atoms with Gasteiger partial charge in [-0.15, -0.1) is 0 Å². The van der Waals surface area contributed by atoms with E-state index in [0.717, 1.165) is 42.4 Å². The fourth-order valence-corrected chi connectivity index (χ4v) is 4.69. The third-order valence-electron chi connectivity index (χ3n) is 6.74. The summed E-state index contributed by atoms with van der Waals surface area (Å²) in [6.07, 6.45) is 4.87. The van der Waals surface area contributed by atoms with Crippen molar-refractivity contribution in [2.24, 2.45) is 0 Å². The van der Waals surface area contributed by atoms with Crippen LogP contribution in [0.1, 0.15) is 76.5 Å². The van der Waals surface area contributed by atoms with Crippen LogP contribution in [0.5, 0.6) is 5.75 Å². The molecule has 5 heteroatoms. The molecule has 3 rings (SSSR count). The number of carbonyl (C=O) groups is 2. The van der Waals surface area contributed by atoms with Crippen LogP contribution >= 0.6 is 0 Å². The van der Waals surface area contributed by atoms with Crippen LogP contribution in [0.4, 0.5) is 0 Å². The van der Waals surface area contributed by atoms with E-state index in [1.807, 2.05) is 62.4 Å². The molecule has 34 heavy (non-hydrogen) atoms. The Morgan fingerprint density at radius 2 is 1.71 bits per heavy atom. The number of ether oxygens (including phenoxy) is 1. The molecule has 2 aromatic rings. The highest BCUT2D eigenvalue weighted by molar-refractivity contribution is 5.88. The van der Waals surface area contributed by atoms with Crippen LogP contribution < -0.4 is 10.1 Å². The largest absolute Gasteiger partial charge is 0.483 e. The first kappa shape index (κ1) is 25.8. The molecule has 1 aliphatic rings. The van der Waals surface area contributed by atoms with Gasteiger partial charge in [0.25, 0.3) is 5.91 Å². The van der Waals surface area contributed by atoms with Gasteiger partial charge in [0.2, 0.25) is 5.91 Å². The average Bonchev–Trinajstić information content (AvgIpc) is 3.31. The minimum atomic E-state index is -0.533. The summed E-state index contributed by atoms with van der Waals surface area (Å²) in [5.74, 6) is 0.467. The summed E-state index contributed by atoms with van der Waals surface area (Å²) in [7, 11) is 0. The summed E-state index contributed by atoms with van der Waals surface area (Å²) < 4.78 is 6.06. The van der Waals surface area contributed by atoms with Crippen LogP contribution in [-0.4, -0.2) is 35.4 Å². The highest BCUT2D eigenvalue weighted by Gasteiger charge is 2.31. The molecule has 1 fully saturated rings. The van der Waals surface area contributed by atoms with E-state index in [4.69, 9.17) is 4.74 Å². The van der Waals surface area contributed by atoms with Crippen LogP contribution in [0, 0.1) is 6.92 Å². The molecule has 5 nitrogen and oxygen atoms in total. The molecule has 0 spiro atoms. The van der Waals surface area contributed by atoms with Gasteiger partial charge in [0.15, 0.2) is 6.61 Å². The van der Waals surface area contributed by atoms with Gasteiger partial charge in [-0.2, -0.15) is 0 Å². The summed E-state index contributed by atoms with van der Waals surface area (Å²) in [5.41, 5.74) is 3.09. The first-order valence-electron chi connectivity index (χ1n) is 12.6. The second-order valence-electron chi connectivity index (χ2n) is 10.4. The minimum Gasteiger partial charge on any atom is -0.483 e. The fourth-order valence-electron chi connectivity index (χ4n) is 4.69. The molecule has 1 aliphatic carbocycles. The van der Waals surface area contributed by atoms with Gasteiger partial charge in [0, 0.05) is 12.6 Å². The summed E-state index contributed by atoms with van der Waals surface area (Å²) in [6, 6.07) is 15.5. The monoisotopic (exact) mass is 464 g/mol. The van der Waals surface area contributed by atoms with Gasteiger partial charge in [-0.25, -0.2) is 0 Å². The fraction of sp³-hybridized carbons (Fsp3) is 0.517. The number of hydrogen-bond donors (Lipinski definition) is 1. The number of rotatable bonds is 9. The molecule has 0 aromatic heterocycles. The van der Waals surface area contributed by atoms with Gasteiger partial charge >= 0.3 is 0 Å². The molecule has 1 N–H and O–H groups in total. The Balaban J connectivity index is 1.81. The molecule has 0 unspecified atom stereocenters. The van der Waals surface area contributed by atoms with Crippen molar-refractivity contribution in [1.82, 2.24) is 10.2 Å². The van der Waals surface area contributed by atoms with Gasteiger partial charge < -0.3 is 15.0 Å². The van der Waals surface area contributed by atoms with Crippen molar-refractivity contribution in [1.29, 1.82) is 0 Å². The van der Waals surface area contributed by atoms with Crippen LogP contribution in [0.25, 0.3) is 0 Å². The van der Waals surface area contributed by atoms with E-state index in [2.05, 4.69) is 26.1 Å². The number of nitrogens with zero attached hydrogens (tertiary/aromatic N) is 1. The molecule has 0 saturated heterocycles. The number of amides is 2. The molecule has 1 saturated carbocycles. The topological polar surface area (TPSA) is 58.6 Å². The summed E-state index contributed by atoms with van der Waals surface area (Å²) in [6.45, 7) is 10.7. The molecule has 184 valence electrons. The predicted molar refractivity (Wildman–Crippen MR) is 137 cm³/mol. The van der Waals surface area contributed by atoms with Gasteiger partial charge in [-0.3, -0.25) is 9.59 Å². The highest BCUT2D eigenvalue weighted by atomic mass is 16.5. The van der Waals surface area contributed by atoms with Crippen molar-refractivity contribution in [2.75, 3.05) is 6.61 Å². The summed E-state index contributed by atoms with van der Waals surface area (Å²) >= 11 is 0. The van der Waals surface area contributed by atoms with Crippen molar-refractivity contribution < 1.29 is 14.3 Å². The van der Waals surface area contributed by atoms with Crippen molar-refractivity contribution >= 4 is 11.8 Å². The smallest absolute Gasteiger partial charge is 0.261 e. The van der Waals surface area contributed by atoms with E-state index in [9.17, 15) is 9.59 Å². The Kier molecular flexibility index (Phi) is 8.76. The second kappa shape index (κ2) is 11.5. The van der Waals surface area contributed by atoms with E-state index in [1.54, 1.807) is 4.90 Å². The molecule has 0 aliphatic heterocycles. The zero-order valence-electron chi connectivity index (χ0n) is 21.4. The number of para-hydroxylation sites is 1. The lowest BCUT2D eigenvalue weighted by Gasteiger charge is -2.32. The molecule has 2 amide bonds. The van der Waals surface area contributed by atoms with Gasteiger partial charge in [-0.1, -0.05) is 83.0 Å². The zero-order valence-corrected chi connectivity index (χ0v) is 21.4. The number of carbonyl (C=O) groups excluding carboxylic acids is 2. The van der Waals surface area contributed by atoms with Gasteiger partial charge in [0.1, 0.15) is 11.8 Å². The molecule has 0 radical (unpaired) electrons. The quantitative estimate of drug-likeness (QED) is 0.530. The SMILES string of the molecule is CC[C@H](C(=O)NC1CCCC1)N(Cc1ccccc1C)C(=O)COc1ccccc1C(C)(C)C. The van der Waals surface area contributed by atoms with E-state index < -0.39 is 6.04 Å². The van der Waals surface area contributed by atoms with Crippen LogP contribution in [0.15, 0.2) is 48.5 Å². The van der Waals surface area contributed by atoms with E-state index in [-0.39, 0.29) is 29.9 Å². The number of aryl methyl sites for hydroxylation is 1. The van der Waals surface area contributed by atoms with Gasteiger partial charge in [0.05, 0.1) is 0 Å². The Morgan fingerprint density at radius 3 is 2.35 bits per heavy atom. The maximum atomic E-state index is 13.6. The maximum Gasteiger partial charge on any atom is 0.261 e. The third-order valence-corrected chi connectivity index (χ3v) is 6.74. The molecule has 2 aromatic carbocycles. The predicted octanol–water partition coefficient (Wildman–Crippen LogP) is 5.54. The standard InChI is InChI=1S/C29H40N2O3/c1-6-25(28(33)30-23-15-9-10-16-23)31(19-22-14-8-7-13-21(22)2)27(32)20-34-26-18-12-11-17-24(26)29(3,4)5/h7-8,11-14,17-18,23,25H,6,9-10,15-16,19-20H2,1-5H3,(H,30,33)/t25-/m1/s1. The number of benzene rings is 2. The summed E-state index contributed by atoms with van der Waals surface area (Å²) in [4.78, 5) is 28.5. The number of hydrogen-bond acceptors (Lipinski definition) is 3.